The van der Waals surface area contributed by atoms with Gasteiger partial charge in [-0.15, -0.1) is 0 Å². The Morgan fingerprint density at radius 1 is 0.812 bits per heavy atom. The van der Waals surface area contributed by atoms with Crippen molar-refractivity contribution < 1.29 is 19.8 Å². The van der Waals surface area contributed by atoms with E-state index in [4.69, 9.17) is 10.5 Å². The number of nitrogens with zero attached hydrogens (tertiary/aromatic N) is 4. The van der Waals surface area contributed by atoms with Crippen LogP contribution in [0.5, 0.6) is 11.5 Å². The predicted molar refractivity (Wildman–Crippen MR) is 116 cm³/mol. The Labute approximate surface area is 186 Å². The van der Waals surface area contributed by atoms with Gasteiger partial charge >= 0.3 is 0 Å². The molecule has 0 aromatic heterocycles. The number of amides is 2. The SMILES string of the molecule is CN(C(=O)c1ccc(C#N)c(O)c1)C1CCCCC1N(C)C(=O)c1ccc(C#N)c(O)c1. The van der Waals surface area contributed by atoms with E-state index >= 15 is 0 Å². The van der Waals surface area contributed by atoms with E-state index in [2.05, 4.69) is 0 Å². The number of phenolic OH excluding ortho intramolecular Hbond substituents is 2. The summed E-state index contributed by atoms with van der Waals surface area (Å²) in [5.74, 6) is -1.11. The van der Waals surface area contributed by atoms with Gasteiger partial charge in [-0.1, -0.05) is 12.8 Å². The highest BCUT2D eigenvalue weighted by Gasteiger charge is 2.36. The quantitative estimate of drug-likeness (QED) is 0.764. The minimum absolute atomic E-state index is 0.0933. The van der Waals surface area contributed by atoms with Gasteiger partial charge in [-0.2, -0.15) is 10.5 Å². The second-order valence-electron chi connectivity index (χ2n) is 7.94. The third-order valence-corrected chi connectivity index (χ3v) is 6.06. The van der Waals surface area contributed by atoms with Crippen LogP contribution in [0.15, 0.2) is 36.4 Å². The van der Waals surface area contributed by atoms with Gasteiger partial charge in [-0.25, -0.2) is 0 Å². The average Bonchev–Trinajstić information content (AvgIpc) is 2.82. The molecule has 1 saturated carbocycles. The lowest BCUT2D eigenvalue weighted by Gasteiger charge is -2.42. The van der Waals surface area contributed by atoms with Crippen LogP contribution < -0.4 is 0 Å². The van der Waals surface area contributed by atoms with Gasteiger partial charge in [-0.05, 0) is 49.2 Å². The molecule has 0 bridgehead atoms. The lowest BCUT2D eigenvalue weighted by molar-refractivity contribution is 0.0421. The molecule has 164 valence electrons. The van der Waals surface area contributed by atoms with E-state index in [1.54, 1.807) is 23.9 Å². The van der Waals surface area contributed by atoms with Crippen LogP contribution in [0.1, 0.15) is 57.5 Å². The van der Waals surface area contributed by atoms with Crippen molar-refractivity contribution in [3.05, 3.63) is 58.7 Å². The molecule has 2 amide bonds. The molecule has 2 unspecified atom stereocenters. The van der Waals surface area contributed by atoms with Crippen LogP contribution >= 0.6 is 0 Å². The van der Waals surface area contributed by atoms with Gasteiger partial charge in [0.15, 0.2) is 0 Å². The summed E-state index contributed by atoms with van der Waals surface area (Å²) < 4.78 is 0. The Hall–Kier alpha value is -4.04. The zero-order valence-corrected chi connectivity index (χ0v) is 17.9. The highest BCUT2D eigenvalue weighted by atomic mass is 16.3. The highest BCUT2D eigenvalue weighted by Crippen LogP contribution is 2.29. The maximum absolute atomic E-state index is 13.1. The molecule has 8 nitrogen and oxygen atoms in total. The van der Waals surface area contributed by atoms with Gasteiger partial charge in [-0.3, -0.25) is 9.59 Å². The molecular formula is C24H24N4O4. The zero-order chi connectivity index (χ0) is 23.4. The van der Waals surface area contributed by atoms with Crippen LogP contribution in [-0.4, -0.2) is 58.0 Å². The fourth-order valence-corrected chi connectivity index (χ4v) is 4.22. The van der Waals surface area contributed by atoms with Crippen molar-refractivity contribution in [3.8, 4) is 23.6 Å². The number of nitriles is 2. The van der Waals surface area contributed by atoms with E-state index in [1.807, 2.05) is 12.1 Å². The summed E-state index contributed by atoms with van der Waals surface area (Å²) in [6, 6.07) is 11.6. The normalized spacial score (nSPS) is 17.6. The van der Waals surface area contributed by atoms with Crippen molar-refractivity contribution >= 4 is 11.8 Å². The Balaban J connectivity index is 1.83. The van der Waals surface area contributed by atoms with Gasteiger partial charge in [0, 0.05) is 25.2 Å². The maximum atomic E-state index is 13.1. The van der Waals surface area contributed by atoms with E-state index in [9.17, 15) is 19.8 Å². The molecule has 1 aliphatic rings. The first-order chi connectivity index (χ1) is 15.3. The largest absolute Gasteiger partial charge is 0.507 e. The molecule has 0 radical (unpaired) electrons. The molecular weight excluding hydrogens is 408 g/mol. The second kappa shape index (κ2) is 9.40. The van der Waals surface area contributed by atoms with Gasteiger partial charge < -0.3 is 20.0 Å². The summed E-state index contributed by atoms with van der Waals surface area (Å²) in [7, 11) is 3.35. The Morgan fingerprint density at radius 3 is 1.50 bits per heavy atom. The van der Waals surface area contributed by atoms with Crippen molar-refractivity contribution in [3.63, 3.8) is 0 Å². The number of rotatable bonds is 4. The van der Waals surface area contributed by atoms with Crippen LogP contribution in [0.4, 0.5) is 0 Å². The van der Waals surface area contributed by atoms with E-state index < -0.39 is 0 Å². The van der Waals surface area contributed by atoms with Crippen LogP contribution in [-0.2, 0) is 0 Å². The smallest absolute Gasteiger partial charge is 0.254 e. The number of hydrogen-bond acceptors (Lipinski definition) is 6. The van der Waals surface area contributed by atoms with Crippen molar-refractivity contribution in [2.75, 3.05) is 14.1 Å². The number of carbonyl (C=O) groups is 2. The molecule has 0 aliphatic heterocycles. The number of benzene rings is 2. The third-order valence-electron chi connectivity index (χ3n) is 6.06. The Bertz CT molecular complexity index is 1040. The molecule has 0 spiro atoms. The minimum Gasteiger partial charge on any atom is -0.507 e. The van der Waals surface area contributed by atoms with Crippen molar-refractivity contribution in [1.82, 2.24) is 9.80 Å². The molecule has 2 atom stereocenters. The average molecular weight is 432 g/mol. The van der Waals surface area contributed by atoms with Gasteiger partial charge in [0.1, 0.15) is 23.6 Å². The summed E-state index contributed by atoms with van der Waals surface area (Å²) in [6.45, 7) is 0. The molecule has 32 heavy (non-hydrogen) atoms. The second-order valence-corrected chi connectivity index (χ2v) is 7.94. The summed E-state index contributed by atoms with van der Waals surface area (Å²) in [6.07, 6.45) is 3.25. The number of aromatic hydroxyl groups is 2. The Kier molecular flexibility index (Phi) is 6.65. The summed E-state index contributed by atoms with van der Waals surface area (Å²) in [5, 5.41) is 37.8. The van der Waals surface area contributed by atoms with Crippen LogP contribution in [0, 0.1) is 22.7 Å². The van der Waals surface area contributed by atoms with E-state index in [0.29, 0.717) is 12.8 Å². The topological polar surface area (TPSA) is 129 Å². The van der Waals surface area contributed by atoms with Crippen LogP contribution in [0.25, 0.3) is 0 Å². The molecule has 8 heteroatoms. The van der Waals surface area contributed by atoms with E-state index in [-0.39, 0.29) is 57.7 Å². The molecule has 0 saturated heterocycles. The highest BCUT2D eigenvalue weighted by molar-refractivity contribution is 5.96. The van der Waals surface area contributed by atoms with Gasteiger partial charge in [0.05, 0.1) is 23.2 Å². The first kappa shape index (κ1) is 22.6. The standard InChI is InChI=1S/C24H24N4O4/c1-27(23(31)15-7-9-17(13-25)21(29)11-15)19-5-3-4-6-20(19)28(2)24(32)16-8-10-18(14-26)22(30)12-16/h7-12,19-20,29-30H,3-6H2,1-2H3. The number of phenols is 2. The zero-order valence-electron chi connectivity index (χ0n) is 17.9. The molecule has 1 fully saturated rings. The molecule has 2 aromatic carbocycles. The van der Waals surface area contributed by atoms with Gasteiger partial charge in [0.25, 0.3) is 11.8 Å². The minimum atomic E-state index is -0.307. The van der Waals surface area contributed by atoms with Crippen molar-refractivity contribution in [2.24, 2.45) is 0 Å². The predicted octanol–water partition coefficient (Wildman–Crippen LogP) is 3.00. The number of carbonyl (C=O) groups excluding carboxylic acids is 2. The van der Waals surface area contributed by atoms with Crippen molar-refractivity contribution in [1.29, 1.82) is 10.5 Å². The maximum Gasteiger partial charge on any atom is 0.254 e. The van der Waals surface area contributed by atoms with E-state index in [0.717, 1.165) is 12.8 Å². The van der Waals surface area contributed by atoms with Crippen LogP contribution in [0.3, 0.4) is 0 Å². The first-order valence-electron chi connectivity index (χ1n) is 10.3. The summed E-state index contributed by atoms with van der Waals surface area (Å²) in [5.41, 5.74) is 0.713. The molecule has 2 N–H and O–H groups in total. The van der Waals surface area contributed by atoms with E-state index in [1.165, 1.54) is 36.4 Å². The molecule has 2 aromatic rings. The lowest BCUT2D eigenvalue weighted by Crippen LogP contribution is -2.54. The number of hydrogen-bond donors (Lipinski definition) is 2. The molecule has 0 heterocycles. The Morgan fingerprint density at radius 2 is 1.19 bits per heavy atom. The van der Waals surface area contributed by atoms with Crippen LogP contribution in [0.2, 0.25) is 0 Å². The fraction of sp³-hybridized carbons (Fsp3) is 0.333. The van der Waals surface area contributed by atoms with Gasteiger partial charge in [0.2, 0.25) is 0 Å². The summed E-state index contributed by atoms with van der Waals surface area (Å²) in [4.78, 5) is 29.3. The third kappa shape index (κ3) is 4.35. The fourth-order valence-electron chi connectivity index (χ4n) is 4.22. The first-order valence-corrected chi connectivity index (χ1v) is 10.3. The number of likely N-dealkylation sites (N-methyl/N-ethyl adjacent to an activating group) is 2. The molecule has 3 rings (SSSR count). The van der Waals surface area contributed by atoms with Crippen molar-refractivity contribution in [2.45, 2.75) is 37.8 Å². The summed E-state index contributed by atoms with van der Waals surface area (Å²) >= 11 is 0. The lowest BCUT2D eigenvalue weighted by atomic mass is 9.87. The molecule has 1 aliphatic carbocycles. The monoisotopic (exact) mass is 432 g/mol.